The van der Waals surface area contributed by atoms with Gasteiger partial charge < -0.3 is 10.2 Å². The number of rotatable bonds is 6. The second-order valence-corrected chi connectivity index (χ2v) is 6.48. The molecule has 0 fully saturated rings. The number of anilines is 2. The van der Waals surface area contributed by atoms with Gasteiger partial charge in [0, 0.05) is 32.0 Å². The molecule has 0 aliphatic rings. The van der Waals surface area contributed by atoms with Crippen LogP contribution in [0.2, 0.25) is 0 Å². The first-order valence-electron chi connectivity index (χ1n) is 7.67. The fourth-order valence-corrected chi connectivity index (χ4v) is 2.08. The smallest absolute Gasteiger partial charge is 0.227 e. The Morgan fingerprint density at radius 2 is 1.61 bits per heavy atom. The molecule has 0 aromatic heterocycles. The highest BCUT2D eigenvalue weighted by Crippen LogP contribution is 2.26. The zero-order valence-corrected chi connectivity index (χ0v) is 14.2. The van der Waals surface area contributed by atoms with Crippen LogP contribution in [-0.4, -0.2) is 18.9 Å². The van der Waals surface area contributed by atoms with Crippen LogP contribution in [0.25, 0.3) is 0 Å². The van der Waals surface area contributed by atoms with Crippen LogP contribution in [0.15, 0.2) is 12.1 Å². The molecule has 0 heterocycles. The van der Waals surface area contributed by atoms with E-state index in [1.54, 1.807) is 0 Å². The molecule has 0 bridgehead atoms. The van der Waals surface area contributed by atoms with Crippen molar-refractivity contribution in [2.24, 2.45) is 11.8 Å². The number of benzene rings is 1. The molecule has 128 valence electrons. The predicted molar refractivity (Wildman–Crippen MR) is 87.3 cm³/mol. The van der Waals surface area contributed by atoms with Crippen molar-refractivity contribution < 1.29 is 18.4 Å². The van der Waals surface area contributed by atoms with Gasteiger partial charge in [0.25, 0.3) is 0 Å². The first-order chi connectivity index (χ1) is 10.6. The summed E-state index contributed by atoms with van der Waals surface area (Å²) in [7, 11) is 1.40. The maximum atomic E-state index is 14.2. The molecule has 2 amide bonds. The van der Waals surface area contributed by atoms with Crippen LogP contribution in [-0.2, 0) is 9.59 Å². The molecule has 0 atom stereocenters. The molecule has 6 heteroatoms. The Labute approximate surface area is 135 Å². The van der Waals surface area contributed by atoms with Gasteiger partial charge in [0.1, 0.15) is 11.6 Å². The number of hydrogen-bond acceptors (Lipinski definition) is 2. The molecule has 1 aromatic carbocycles. The van der Waals surface area contributed by atoms with Gasteiger partial charge in [0.05, 0.1) is 11.4 Å². The largest absolute Gasteiger partial charge is 0.324 e. The lowest BCUT2D eigenvalue weighted by Gasteiger charge is -2.20. The summed E-state index contributed by atoms with van der Waals surface area (Å²) in [5.41, 5.74) is -0.364. The van der Waals surface area contributed by atoms with E-state index in [9.17, 15) is 18.4 Å². The molecule has 0 aliphatic carbocycles. The van der Waals surface area contributed by atoms with Gasteiger partial charge in [-0.05, 0) is 11.8 Å². The number of amides is 2. The Morgan fingerprint density at radius 1 is 1.04 bits per heavy atom. The van der Waals surface area contributed by atoms with Crippen LogP contribution in [0.1, 0.15) is 40.5 Å². The lowest BCUT2D eigenvalue weighted by Crippen LogP contribution is -2.28. The van der Waals surface area contributed by atoms with Gasteiger partial charge in [0.2, 0.25) is 11.8 Å². The van der Waals surface area contributed by atoms with Crippen molar-refractivity contribution >= 4 is 23.2 Å². The van der Waals surface area contributed by atoms with E-state index in [1.165, 1.54) is 7.05 Å². The number of nitrogens with zero attached hydrogens (tertiary/aromatic N) is 1. The third-order valence-corrected chi connectivity index (χ3v) is 3.22. The van der Waals surface area contributed by atoms with Gasteiger partial charge in [-0.25, -0.2) is 8.78 Å². The highest BCUT2D eigenvalue weighted by molar-refractivity contribution is 5.94. The van der Waals surface area contributed by atoms with Crippen LogP contribution < -0.4 is 10.2 Å². The molecule has 0 radical (unpaired) electrons. The molecule has 0 saturated carbocycles. The lowest BCUT2D eigenvalue weighted by atomic mass is 10.1. The Balaban J connectivity index is 2.96. The molecule has 0 aliphatic heterocycles. The van der Waals surface area contributed by atoms with Crippen molar-refractivity contribution in [1.29, 1.82) is 0 Å². The summed E-state index contributed by atoms with van der Waals surface area (Å²) in [5.74, 6) is -1.98. The molecule has 4 nitrogen and oxygen atoms in total. The first kappa shape index (κ1) is 19.1. The number of nitrogens with one attached hydrogen (secondary N) is 1. The molecule has 1 N–H and O–H groups in total. The highest BCUT2D eigenvalue weighted by atomic mass is 19.1. The summed E-state index contributed by atoms with van der Waals surface area (Å²) in [4.78, 5) is 24.7. The summed E-state index contributed by atoms with van der Waals surface area (Å²) < 4.78 is 28.3. The van der Waals surface area contributed by atoms with E-state index in [2.05, 4.69) is 5.32 Å². The molecule has 0 spiro atoms. The minimum absolute atomic E-state index is 0.113. The summed E-state index contributed by atoms with van der Waals surface area (Å²) in [6.45, 7) is 7.45. The normalized spacial score (nSPS) is 11.0. The van der Waals surface area contributed by atoms with Crippen molar-refractivity contribution in [3.8, 4) is 0 Å². The molecule has 1 rings (SSSR count). The first-order valence-corrected chi connectivity index (χ1v) is 7.67. The van der Waals surface area contributed by atoms with E-state index >= 15 is 0 Å². The number of carbonyl (C=O) groups excluding carboxylic acids is 2. The minimum atomic E-state index is -0.775. The SMILES string of the molecule is CC(C)CC(=O)Nc1cc(F)c(N(C)C(=O)CC(C)C)cc1F. The van der Waals surface area contributed by atoms with Gasteiger partial charge in [-0.15, -0.1) is 0 Å². The van der Waals surface area contributed by atoms with Gasteiger partial charge in [-0.3, -0.25) is 9.59 Å². The fourth-order valence-electron chi connectivity index (χ4n) is 2.08. The minimum Gasteiger partial charge on any atom is -0.324 e. The molecule has 0 unspecified atom stereocenters. The van der Waals surface area contributed by atoms with E-state index in [-0.39, 0.29) is 47.9 Å². The van der Waals surface area contributed by atoms with Crippen LogP contribution >= 0.6 is 0 Å². The topological polar surface area (TPSA) is 49.4 Å². The molecular weight excluding hydrogens is 302 g/mol. The quantitative estimate of drug-likeness (QED) is 0.860. The van der Waals surface area contributed by atoms with Crippen LogP contribution in [0, 0.1) is 23.5 Å². The summed E-state index contributed by atoms with van der Waals surface area (Å²) >= 11 is 0. The van der Waals surface area contributed by atoms with Crippen molar-refractivity contribution in [3.05, 3.63) is 23.8 Å². The zero-order chi connectivity index (χ0) is 17.7. The number of carbonyl (C=O) groups is 2. The van der Waals surface area contributed by atoms with Gasteiger partial charge in [0.15, 0.2) is 0 Å². The van der Waals surface area contributed by atoms with Gasteiger partial charge in [-0.2, -0.15) is 0 Å². The van der Waals surface area contributed by atoms with E-state index in [0.717, 1.165) is 17.0 Å². The summed E-state index contributed by atoms with van der Waals surface area (Å²) in [6, 6.07) is 1.83. The number of hydrogen-bond donors (Lipinski definition) is 1. The average molecular weight is 326 g/mol. The predicted octanol–water partition coefficient (Wildman–Crippen LogP) is 3.96. The standard InChI is InChI=1S/C17H24F2N2O2/c1-10(2)6-16(22)20-14-8-13(19)15(9-12(14)18)21(5)17(23)7-11(3)4/h8-11H,6-7H2,1-5H3,(H,20,22). The van der Waals surface area contributed by atoms with E-state index in [4.69, 9.17) is 0 Å². The van der Waals surface area contributed by atoms with E-state index in [1.807, 2.05) is 27.7 Å². The fraction of sp³-hybridized carbons (Fsp3) is 0.529. The zero-order valence-electron chi connectivity index (χ0n) is 14.2. The van der Waals surface area contributed by atoms with Crippen molar-refractivity contribution in [2.75, 3.05) is 17.3 Å². The van der Waals surface area contributed by atoms with E-state index < -0.39 is 11.6 Å². The van der Waals surface area contributed by atoms with Crippen LogP contribution in [0.4, 0.5) is 20.2 Å². The van der Waals surface area contributed by atoms with Crippen LogP contribution in [0.3, 0.4) is 0 Å². The summed E-state index contributed by atoms with van der Waals surface area (Å²) in [6.07, 6.45) is 0.458. The van der Waals surface area contributed by atoms with Crippen molar-refractivity contribution in [2.45, 2.75) is 40.5 Å². The van der Waals surface area contributed by atoms with E-state index in [0.29, 0.717) is 0 Å². The number of halogens is 2. The monoisotopic (exact) mass is 326 g/mol. The maximum Gasteiger partial charge on any atom is 0.227 e. The van der Waals surface area contributed by atoms with Crippen LogP contribution in [0.5, 0.6) is 0 Å². The molecular formula is C17H24F2N2O2. The molecule has 0 saturated heterocycles. The van der Waals surface area contributed by atoms with Crippen molar-refractivity contribution in [3.63, 3.8) is 0 Å². The van der Waals surface area contributed by atoms with Gasteiger partial charge in [-0.1, -0.05) is 27.7 Å². The third kappa shape index (κ3) is 5.62. The summed E-state index contributed by atoms with van der Waals surface area (Å²) in [5, 5.41) is 2.35. The van der Waals surface area contributed by atoms with Crippen molar-refractivity contribution in [1.82, 2.24) is 0 Å². The lowest BCUT2D eigenvalue weighted by molar-refractivity contribution is -0.119. The Kier molecular flexibility index (Phi) is 6.66. The third-order valence-electron chi connectivity index (χ3n) is 3.22. The Bertz CT molecular complexity index is 586. The van der Waals surface area contributed by atoms with Gasteiger partial charge >= 0.3 is 0 Å². The second kappa shape index (κ2) is 8.04. The Morgan fingerprint density at radius 3 is 2.13 bits per heavy atom. The average Bonchev–Trinajstić information content (AvgIpc) is 2.40. The maximum absolute atomic E-state index is 14.2. The molecule has 23 heavy (non-hydrogen) atoms. The Hall–Kier alpha value is -1.98. The second-order valence-electron chi connectivity index (χ2n) is 6.48. The highest BCUT2D eigenvalue weighted by Gasteiger charge is 2.19. The molecule has 1 aromatic rings.